The molecule has 11 heteroatoms. The van der Waals surface area contributed by atoms with E-state index >= 15 is 0 Å². The van der Waals surface area contributed by atoms with Crippen LogP contribution in [0.15, 0.2) is 62.9 Å². The molecular weight excluding hydrogens is 432 g/mol. The van der Waals surface area contributed by atoms with Crippen LogP contribution in [-0.2, 0) is 36.2 Å². The van der Waals surface area contributed by atoms with E-state index in [2.05, 4.69) is 0 Å². The molecule has 0 atom stereocenters. The number of ether oxygens (including phenoxy) is 1. The van der Waals surface area contributed by atoms with Gasteiger partial charge in [0.25, 0.3) is 20.0 Å². The zero-order valence-corrected chi connectivity index (χ0v) is 17.7. The molecule has 0 amide bonds. The molecule has 0 fully saturated rings. The highest BCUT2D eigenvalue weighted by Crippen LogP contribution is 2.41. The highest BCUT2D eigenvalue weighted by molar-refractivity contribution is 7.93. The minimum absolute atomic E-state index is 0.124. The Bertz CT molecular complexity index is 1350. The van der Waals surface area contributed by atoms with Crippen molar-refractivity contribution in [1.82, 2.24) is 4.31 Å². The minimum atomic E-state index is -3.88. The van der Waals surface area contributed by atoms with Crippen LogP contribution >= 0.6 is 0 Å². The van der Waals surface area contributed by atoms with Gasteiger partial charge in [0, 0.05) is 19.5 Å². The normalized spacial score (nSPS) is 15.1. The van der Waals surface area contributed by atoms with Gasteiger partial charge in [0.1, 0.15) is 18.9 Å². The largest absolute Gasteiger partial charge is 0.456 e. The number of carbonyl (C=O) groups is 1. The molecule has 1 aromatic heterocycles. The van der Waals surface area contributed by atoms with E-state index in [0.717, 1.165) is 14.0 Å². The summed E-state index contributed by atoms with van der Waals surface area (Å²) in [6.07, 6.45) is 0. The number of carbonyl (C=O) groups excluding carboxylic acids is 1. The van der Waals surface area contributed by atoms with E-state index in [1.807, 2.05) is 0 Å². The van der Waals surface area contributed by atoms with Gasteiger partial charge in [-0.2, -0.15) is 0 Å². The van der Waals surface area contributed by atoms with E-state index in [9.17, 15) is 21.6 Å². The Morgan fingerprint density at radius 3 is 2.50 bits per heavy atom. The van der Waals surface area contributed by atoms with E-state index in [1.54, 1.807) is 30.3 Å². The summed E-state index contributed by atoms with van der Waals surface area (Å²) in [5.41, 5.74) is 0.414. The van der Waals surface area contributed by atoms with Crippen LogP contribution in [0.2, 0.25) is 0 Å². The monoisotopic (exact) mass is 450 g/mol. The quantitative estimate of drug-likeness (QED) is 0.527. The summed E-state index contributed by atoms with van der Waals surface area (Å²) in [6, 6.07) is 12.8. The highest BCUT2D eigenvalue weighted by atomic mass is 32.2. The maximum absolute atomic E-state index is 12.9. The maximum Gasteiger partial charge on any atom is 0.327 e. The van der Waals surface area contributed by atoms with Gasteiger partial charge < -0.3 is 9.15 Å². The van der Waals surface area contributed by atoms with Crippen molar-refractivity contribution in [2.45, 2.75) is 16.6 Å². The van der Waals surface area contributed by atoms with Gasteiger partial charge in [-0.3, -0.25) is 9.10 Å². The minimum Gasteiger partial charge on any atom is -0.456 e. The van der Waals surface area contributed by atoms with Crippen molar-refractivity contribution in [3.63, 3.8) is 0 Å². The number of rotatable bonds is 6. The summed E-state index contributed by atoms with van der Waals surface area (Å²) < 4.78 is 62.2. The van der Waals surface area contributed by atoms with Gasteiger partial charge in [-0.05, 0) is 29.7 Å². The van der Waals surface area contributed by atoms with Crippen molar-refractivity contribution in [2.75, 3.05) is 24.9 Å². The summed E-state index contributed by atoms with van der Waals surface area (Å²) in [6.45, 7) is -0.841. The van der Waals surface area contributed by atoms with E-state index < -0.39 is 32.6 Å². The first-order valence-electron chi connectivity index (χ1n) is 8.84. The number of furan rings is 1. The molecule has 0 saturated carbocycles. The van der Waals surface area contributed by atoms with Crippen LogP contribution in [-0.4, -0.2) is 47.8 Å². The zero-order valence-electron chi connectivity index (χ0n) is 16.1. The molecule has 0 radical (unpaired) electrons. The molecule has 0 unspecified atom stereocenters. The Morgan fingerprint density at radius 2 is 1.80 bits per heavy atom. The van der Waals surface area contributed by atoms with Crippen molar-refractivity contribution >= 4 is 42.5 Å². The van der Waals surface area contributed by atoms with E-state index in [1.165, 1.54) is 32.3 Å². The summed E-state index contributed by atoms with van der Waals surface area (Å²) in [5, 5.41) is 1.05. The van der Waals surface area contributed by atoms with Crippen molar-refractivity contribution < 1.29 is 30.8 Å². The third-order valence-corrected chi connectivity index (χ3v) is 8.19. The topological polar surface area (TPSA) is 114 Å². The number of hydrogen-bond acceptors (Lipinski definition) is 7. The molecule has 30 heavy (non-hydrogen) atoms. The van der Waals surface area contributed by atoms with Gasteiger partial charge in [-0.25, -0.2) is 21.1 Å². The summed E-state index contributed by atoms with van der Waals surface area (Å²) in [4.78, 5) is 12.5. The molecule has 2 heterocycles. The molecule has 9 nitrogen and oxygen atoms in total. The predicted octanol–water partition coefficient (Wildman–Crippen LogP) is 1.94. The van der Waals surface area contributed by atoms with Crippen LogP contribution < -0.4 is 4.31 Å². The summed E-state index contributed by atoms with van der Waals surface area (Å²) in [7, 11) is -4.88. The highest BCUT2D eigenvalue weighted by Gasteiger charge is 2.37. The van der Waals surface area contributed by atoms with Gasteiger partial charge >= 0.3 is 5.97 Å². The van der Waals surface area contributed by atoms with Gasteiger partial charge in [0.05, 0.1) is 10.6 Å². The lowest BCUT2D eigenvalue weighted by Crippen LogP contribution is -2.33. The lowest BCUT2D eigenvalue weighted by Gasteiger charge is -2.17. The fourth-order valence-corrected chi connectivity index (χ4v) is 5.66. The van der Waals surface area contributed by atoms with Crippen LogP contribution in [0.25, 0.3) is 10.8 Å². The molecule has 1 aliphatic heterocycles. The Morgan fingerprint density at radius 1 is 1.10 bits per heavy atom. The number of sulfonamides is 2. The molecule has 0 aliphatic carbocycles. The Kier molecular flexibility index (Phi) is 4.83. The third-order valence-electron chi connectivity index (χ3n) is 4.70. The molecule has 0 bridgehead atoms. The van der Waals surface area contributed by atoms with Crippen LogP contribution in [0.3, 0.4) is 0 Å². The molecule has 4 rings (SSSR count). The Balaban J connectivity index is 1.50. The third kappa shape index (κ3) is 3.24. The van der Waals surface area contributed by atoms with Gasteiger partial charge in [0.15, 0.2) is 0 Å². The molecule has 0 N–H and O–H groups in total. The first-order valence-corrected chi connectivity index (χ1v) is 11.7. The summed E-state index contributed by atoms with van der Waals surface area (Å²) in [5.74, 6) is -0.671. The van der Waals surface area contributed by atoms with Crippen molar-refractivity contribution in [3.05, 3.63) is 54.3 Å². The van der Waals surface area contributed by atoms with E-state index in [-0.39, 0.29) is 22.4 Å². The van der Waals surface area contributed by atoms with Crippen LogP contribution in [0.1, 0.15) is 5.76 Å². The second kappa shape index (κ2) is 7.11. The average Bonchev–Trinajstić information content (AvgIpc) is 3.26. The van der Waals surface area contributed by atoms with Crippen LogP contribution in [0, 0.1) is 0 Å². The van der Waals surface area contributed by atoms with Gasteiger partial charge in [0.2, 0.25) is 5.09 Å². The van der Waals surface area contributed by atoms with Gasteiger partial charge in [-0.15, -0.1) is 0 Å². The van der Waals surface area contributed by atoms with Gasteiger partial charge in [-0.1, -0.05) is 24.3 Å². The molecular formula is C19H18N2O7S2. The fourth-order valence-electron chi connectivity index (χ4n) is 3.20. The number of esters is 1. The van der Waals surface area contributed by atoms with Crippen LogP contribution in [0.5, 0.6) is 0 Å². The van der Waals surface area contributed by atoms with E-state index in [0.29, 0.717) is 11.1 Å². The first-order chi connectivity index (χ1) is 14.1. The average molecular weight is 450 g/mol. The number of hydrogen-bond donors (Lipinski definition) is 0. The maximum atomic E-state index is 12.9. The zero-order chi connectivity index (χ0) is 21.7. The number of nitrogens with zero attached hydrogens (tertiary/aromatic N) is 2. The van der Waals surface area contributed by atoms with Crippen molar-refractivity contribution in [2.24, 2.45) is 0 Å². The number of benzene rings is 2. The van der Waals surface area contributed by atoms with Crippen molar-refractivity contribution in [1.29, 1.82) is 0 Å². The summed E-state index contributed by atoms with van der Waals surface area (Å²) >= 11 is 0. The van der Waals surface area contributed by atoms with Crippen LogP contribution in [0.4, 0.5) is 5.69 Å². The smallest absolute Gasteiger partial charge is 0.327 e. The Labute approximate surface area is 173 Å². The standard InChI is InChI=1S/C19H18N2O7S2/c1-20(2)30(25,26)18-10-9-14(28-18)12-27-17(22)11-21-15-7-3-5-13-6-4-8-16(19(13)15)29(21,23)24/h3-10H,11-12H2,1-2H3. The molecule has 0 saturated heterocycles. The van der Waals surface area contributed by atoms with Crippen molar-refractivity contribution in [3.8, 4) is 0 Å². The second-order valence-corrected chi connectivity index (χ2v) is 10.7. The predicted molar refractivity (Wildman–Crippen MR) is 108 cm³/mol. The molecule has 3 aromatic rings. The lowest BCUT2D eigenvalue weighted by atomic mass is 10.1. The fraction of sp³-hybridized carbons (Fsp3) is 0.211. The first kappa shape index (κ1) is 20.4. The SMILES string of the molecule is CN(C)S(=O)(=O)c1ccc(COC(=O)CN2c3cccc4cccc(c34)S2(=O)=O)o1. The van der Waals surface area contributed by atoms with E-state index in [4.69, 9.17) is 9.15 Å². The lowest BCUT2D eigenvalue weighted by molar-refractivity contribution is -0.143. The molecule has 2 aromatic carbocycles. The Hall–Kier alpha value is -2.89. The molecule has 158 valence electrons. The molecule has 1 aliphatic rings. The molecule has 0 spiro atoms. The second-order valence-electron chi connectivity index (χ2n) is 6.81. The number of anilines is 1.